The molecule has 1 aromatic carbocycles. The zero-order chi connectivity index (χ0) is 14.6. The highest BCUT2D eigenvalue weighted by Crippen LogP contribution is 2.42. The first-order valence-electron chi connectivity index (χ1n) is 7.05. The molecule has 1 unspecified atom stereocenters. The van der Waals surface area contributed by atoms with Crippen LogP contribution in [0.4, 0.5) is 0 Å². The van der Waals surface area contributed by atoms with Gasteiger partial charge in [-0.25, -0.2) is 0 Å². The maximum Gasteiger partial charge on any atom is 0.119 e. The maximum atomic E-state index is 9.65. The molecule has 0 radical (unpaired) electrons. The van der Waals surface area contributed by atoms with E-state index in [4.69, 9.17) is 4.74 Å². The Morgan fingerprint density at radius 2 is 2.05 bits per heavy atom. The van der Waals surface area contributed by atoms with Crippen LogP contribution in [0.2, 0.25) is 0 Å². The van der Waals surface area contributed by atoms with Crippen molar-refractivity contribution < 1.29 is 4.74 Å². The van der Waals surface area contributed by atoms with Crippen molar-refractivity contribution in [2.45, 2.75) is 43.2 Å². The molecule has 0 aliphatic heterocycles. The number of nitrogens with one attached hydrogen (secondary N) is 1. The molecule has 1 aromatic rings. The number of hydrogen-bond donors (Lipinski definition) is 1. The van der Waals surface area contributed by atoms with Gasteiger partial charge < -0.3 is 4.74 Å². The minimum Gasteiger partial charge on any atom is -0.497 e. The SMILES string of the molecule is COc1ccc(SCC(C#N)(NC(C)C)C2CC2)cc1. The van der Waals surface area contributed by atoms with Gasteiger partial charge in [0.1, 0.15) is 11.3 Å². The summed E-state index contributed by atoms with van der Waals surface area (Å²) < 4.78 is 5.16. The van der Waals surface area contributed by atoms with E-state index in [0.717, 1.165) is 24.3 Å². The van der Waals surface area contributed by atoms with E-state index in [1.54, 1.807) is 18.9 Å². The third kappa shape index (κ3) is 3.68. The van der Waals surface area contributed by atoms with Gasteiger partial charge in [0.25, 0.3) is 0 Å². The van der Waals surface area contributed by atoms with Crippen molar-refractivity contribution in [3.63, 3.8) is 0 Å². The zero-order valence-corrected chi connectivity index (χ0v) is 13.2. The van der Waals surface area contributed by atoms with Crippen molar-refractivity contribution in [3.8, 4) is 11.8 Å². The Kier molecular flexibility index (Phi) is 4.95. The summed E-state index contributed by atoms with van der Waals surface area (Å²) in [7, 11) is 1.67. The minimum atomic E-state index is -0.390. The van der Waals surface area contributed by atoms with Crippen LogP contribution in [0.15, 0.2) is 29.2 Å². The summed E-state index contributed by atoms with van der Waals surface area (Å²) in [5, 5.41) is 13.1. The van der Waals surface area contributed by atoms with Crippen molar-refractivity contribution in [1.29, 1.82) is 5.26 Å². The van der Waals surface area contributed by atoms with Crippen LogP contribution in [0.1, 0.15) is 26.7 Å². The van der Waals surface area contributed by atoms with E-state index in [1.165, 1.54) is 4.90 Å². The average molecular weight is 290 g/mol. The predicted octanol–water partition coefficient (Wildman–Crippen LogP) is 3.46. The van der Waals surface area contributed by atoms with Crippen LogP contribution in [0.5, 0.6) is 5.75 Å². The molecule has 0 amide bonds. The second-order valence-corrected chi connectivity index (χ2v) is 6.67. The normalized spacial score (nSPS) is 17.6. The van der Waals surface area contributed by atoms with Crippen LogP contribution in [0.25, 0.3) is 0 Å². The molecule has 1 fully saturated rings. The monoisotopic (exact) mass is 290 g/mol. The van der Waals surface area contributed by atoms with Crippen molar-refractivity contribution >= 4 is 11.8 Å². The van der Waals surface area contributed by atoms with Gasteiger partial charge in [0.05, 0.1) is 13.2 Å². The number of nitrogens with zero attached hydrogens (tertiary/aromatic N) is 1. The lowest BCUT2D eigenvalue weighted by atomic mass is 9.96. The first-order valence-corrected chi connectivity index (χ1v) is 8.04. The fourth-order valence-corrected chi connectivity index (χ4v) is 3.50. The van der Waals surface area contributed by atoms with E-state index < -0.39 is 5.54 Å². The third-order valence-electron chi connectivity index (χ3n) is 3.55. The Hall–Kier alpha value is -1.18. The van der Waals surface area contributed by atoms with Gasteiger partial charge in [-0.05, 0) is 56.9 Å². The number of methoxy groups -OCH3 is 1. The molecule has 0 heterocycles. The van der Waals surface area contributed by atoms with Gasteiger partial charge >= 0.3 is 0 Å². The van der Waals surface area contributed by atoms with Crippen LogP contribution in [0, 0.1) is 17.2 Å². The standard InChI is InChI=1S/C16H22N2OS/c1-12(2)18-16(10-17,13-4-5-13)11-20-15-8-6-14(19-3)7-9-15/h6-9,12-13,18H,4-5,11H2,1-3H3. The number of nitriles is 1. The Bertz CT molecular complexity index is 476. The molecule has 0 saturated heterocycles. The first-order chi connectivity index (χ1) is 9.59. The second-order valence-electron chi connectivity index (χ2n) is 5.62. The highest BCUT2D eigenvalue weighted by atomic mass is 32.2. The van der Waals surface area contributed by atoms with Gasteiger partial charge in [-0.3, -0.25) is 5.32 Å². The summed E-state index contributed by atoms with van der Waals surface area (Å²) in [6, 6.07) is 10.9. The molecule has 108 valence electrons. The van der Waals surface area contributed by atoms with E-state index in [0.29, 0.717) is 12.0 Å². The zero-order valence-electron chi connectivity index (χ0n) is 12.3. The van der Waals surface area contributed by atoms with Crippen molar-refractivity contribution in [1.82, 2.24) is 5.32 Å². The summed E-state index contributed by atoms with van der Waals surface area (Å²) in [5.41, 5.74) is -0.390. The molecule has 3 nitrogen and oxygen atoms in total. The van der Waals surface area contributed by atoms with Crippen LogP contribution in [-0.2, 0) is 0 Å². The third-order valence-corrected chi connectivity index (χ3v) is 4.75. The number of rotatable bonds is 7. The van der Waals surface area contributed by atoms with Gasteiger partial charge in [-0.2, -0.15) is 5.26 Å². The predicted molar refractivity (Wildman–Crippen MR) is 83.1 cm³/mol. The van der Waals surface area contributed by atoms with Gasteiger partial charge in [-0.1, -0.05) is 0 Å². The topological polar surface area (TPSA) is 45.0 Å². The molecular formula is C16H22N2OS. The molecule has 1 saturated carbocycles. The number of benzene rings is 1. The molecule has 1 aliphatic rings. The molecular weight excluding hydrogens is 268 g/mol. The van der Waals surface area contributed by atoms with Crippen LogP contribution < -0.4 is 10.1 Å². The summed E-state index contributed by atoms with van der Waals surface area (Å²) >= 11 is 1.74. The molecule has 0 bridgehead atoms. The Labute approximate surface area is 125 Å². The highest BCUT2D eigenvalue weighted by molar-refractivity contribution is 7.99. The molecule has 1 N–H and O–H groups in total. The number of thioether (sulfide) groups is 1. The van der Waals surface area contributed by atoms with Crippen LogP contribution in [0.3, 0.4) is 0 Å². The Morgan fingerprint density at radius 3 is 2.50 bits per heavy atom. The van der Waals surface area contributed by atoms with E-state index >= 15 is 0 Å². The van der Waals surface area contributed by atoms with Crippen LogP contribution >= 0.6 is 11.8 Å². The van der Waals surface area contributed by atoms with Gasteiger partial charge in [0.2, 0.25) is 0 Å². The maximum absolute atomic E-state index is 9.65. The summed E-state index contributed by atoms with van der Waals surface area (Å²) in [4.78, 5) is 1.18. The van der Waals surface area contributed by atoms with Gasteiger partial charge in [0, 0.05) is 16.7 Å². The van der Waals surface area contributed by atoms with E-state index in [-0.39, 0.29) is 0 Å². The Morgan fingerprint density at radius 1 is 1.40 bits per heavy atom. The Balaban J connectivity index is 2.02. The largest absolute Gasteiger partial charge is 0.497 e. The lowest BCUT2D eigenvalue weighted by Gasteiger charge is -2.30. The molecule has 1 atom stereocenters. The summed E-state index contributed by atoms with van der Waals surface area (Å²) in [5.74, 6) is 2.16. The van der Waals surface area contributed by atoms with E-state index in [9.17, 15) is 5.26 Å². The first kappa shape index (κ1) is 15.2. The average Bonchev–Trinajstić information content (AvgIpc) is 3.28. The molecule has 0 aromatic heterocycles. The van der Waals surface area contributed by atoms with Crippen molar-refractivity contribution in [2.24, 2.45) is 5.92 Å². The van der Waals surface area contributed by atoms with Crippen molar-refractivity contribution in [2.75, 3.05) is 12.9 Å². The van der Waals surface area contributed by atoms with Gasteiger partial charge in [0.15, 0.2) is 0 Å². The second kappa shape index (κ2) is 6.51. The fraction of sp³-hybridized carbons (Fsp3) is 0.562. The highest BCUT2D eigenvalue weighted by Gasteiger charge is 2.45. The molecule has 1 aliphatic carbocycles. The lowest BCUT2D eigenvalue weighted by Crippen LogP contribution is -2.51. The minimum absolute atomic E-state index is 0.326. The van der Waals surface area contributed by atoms with Crippen LogP contribution in [-0.4, -0.2) is 24.4 Å². The number of hydrogen-bond acceptors (Lipinski definition) is 4. The van der Waals surface area contributed by atoms with Gasteiger partial charge in [-0.15, -0.1) is 11.8 Å². The molecule has 2 rings (SSSR count). The molecule has 20 heavy (non-hydrogen) atoms. The molecule has 4 heteroatoms. The number of ether oxygens (including phenoxy) is 1. The molecule has 0 spiro atoms. The van der Waals surface area contributed by atoms with E-state index in [2.05, 4.69) is 25.2 Å². The van der Waals surface area contributed by atoms with Crippen molar-refractivity contribution in [3.05, 3.63) is 24.3 Å². The fourth-order valence-electron chi connectivity index (χ4n) is 2.39. The smallest absolute Gasteiger partial charge is 0.119 e. The summed E-state index contributed by atoms with van der Waals surface area (Å²) in [6.45, 7) is 4.21. The lowest BCUT2D eigenvalue weighted by molar-refractivity contribution is 0.370. The quantitative estimate of drug-likeness (QED) is 0.781. The summed E-state index contributed by atoms with van der Waals surface area (Å²) in [6.07, 6.45) is 2.33. The van der Waals surface area contributed by atoms with E-state index in [1.807, 2.05) is 24.3 Å².